The number of likely N-dealkylation sites (tertiary alicyclic amines) is 1. The fourth-order valence-electron chi connectivity index (χ4n) is 7.38. The Morgan fingerprint density at radius 3 is 2.59 bits per heavy atom. The highest BCUT2D eigenvalue weighted by molar-refractivity contribution is 8.00. The van der Waals surface area contributed by atoms with Crippen molar-refractivity contribution in [3.63, 3.8) is 0 Å². The minimum atomic E-state index is -4.49. The van der Waals surface area contributed by atoms with Crippen LogP contribution >= 0.6 is 18.9 Å². The lowest BCUT2D eigenvalue weighted by Gasteiger charge is -2.64. The van der Waals surface area contributed by atoms with E-state index in [1.54, 1.807) is 48.2 Å². The number of rotatable bonds is 8. The van der Waals surface area contributed by atoms with Crippen molar-refractivity contribution in [2.45, 2.75) is 47.2 Å². The smallest absolute Gasteiger partial charge is 0.446 e. The van der Waals surface area contributed by atoms with Crippen molar-refractivity contribution >= 4 is 41.2 Å². The molecular formula is C31H35F3N5O3PS. The lowest BCUT2D eigenvalue weighted by molar-refractivity contribution is -0.221. The van der Waals surface area contributed by atoms with Crippen LogP contribution in [0.4, 0.5) is 24.7 Å². The number of nitrogens with one attached hydrogen (secondary N) is 2. The van der Waals surface area contributed by atoms with Gasteiger partial charge >= 0.3 is 5.51 Å². The zero-order valence-corrected chi connectivity index (χ0v) is 26.6. The number of halogens is 3. The first-order valence-corrected chi connectivity index (χ1v) is 18.1. The number of hydrogen-bond acceptors (Lipinski definition) is 8. The van der Waals surface area contributed by atoms with Crippen LogP contribution in [-0.2, 0) is 9.30 Å². The second-order valence-electron chi connectivity index (χ2n) is 13.2. The summed E-state index contributed by atoms with van der Waals surface area (Å²) in [5.41, 5.74) is -2.89. The van der Waals surface area contributed by atoms with Crippen LogP contribution in [0, 0.1) is 17.3 Å². The van der Waals surface area contributed by atoms with Crippen molar-refractivity contribution in [3.8, 4) is 17.6 Å². The third-order valence-electron chi connectivity index (χ3n) is 9.55. The molecule has 0 atom stereocenters. The van der Waals surface area contributed by atoms with Crippen LogP contribution in [0.5, 0.6) is 5.75 Å². The molecule has 3 aromatic rings. The molecule has 3 aliphatic carbocycles. The molecule has 2 saturated heterocycles. The maximum atomic E-state index is 13.7. The number of hydrogen-bond donors (Lipinski definition) is 2. The minimum absolute atomic E-state index is 0.0160. The first-order valence-electron chi connectivity index (χ1n) is 14.7. The maximum absolute atomic E-state index is 13.7. The lowest BCUT2D eigenvalue weighted by Crippen LogP contribution is -2.74. The fourth-order valence-corrected chi connectivity index (χ4v) is 8.92. The zero-order chi connectivity index (χ0) is 31.0. The van der Waals surface area contributed by atoms with E-state index < -0.39 is 12.7 Å². The van der Waals surface area contributed by atoms with Crippen LogP contribution in [-0.4, -0.2) is 84.4 Å². The summed E-state index contributed by atoms with van der Waals surface area (Å²) < 4.78 is 65.9. The number of ether oxygens (including phenoxy) is 2. The van der Waals surface area contributed by atoms with E-state index in [9.17, 15) is 17.7 Å². The molecule has 2 N–H and O–H groups in total. The Kier molecular flexibility index (Phi) is 7.02. The Bertz CT molecular complexity index is 1720. The van der Waals surface area contributed by atoms with Crippen LogP contribution in [0.25, 0.3) is 5.52 Å². The van der Waals surface area contributed by atoms with E-state index in [2.05, 4.69) is 32.5 Å². The monoisotopic (exact) mass is 645 g/mol. The molecule has 44 heavy (non-hydrogen) atoms. The molecular weight excluding hydrogens is 610 g/mol. The molecule has 13 heteroatoms. The third kappa shape index (κ3) is 5.26. The first-order chi connectivity index (χ1) is 20.8. The van der Waals surface area contributed by atoms with Gasteiger partial charge in [0.2, 0.25) is 0 Å². The van der Waals surface area contributed by atoms with Gasteiger partial charge in [0.1, 0.15) is 24.4 Å². The molecule has 3 saturated carbocycles. The molecule has 0 amide bonds. The van der Waals surface area contributed by atoms with E-state index in [-0.39, 0.29) is 40.0 Å². The standard InChI is InChI=1S/C31H35F3N5O3PS/c1-41-25-14-21(43(2,3)40)9-10-22(25)35-13-5-6-23-27(44-31(32,33)34)24-7-4-8-26(39(24)37-23)36-29-11-12-30(15-29,16-29)38-17-28(18-38)19-42-20-28/h4,7-10,14,35-36H,11-13,15-20H2,1-3H3. The van der Waals surface area contributed by atoms with Gasteiger partial charge in [-0.3, -0.25) is 4.90 Å². The van der Waals surface area contributed by atoms with Crippen molar-refractivity contribution in [2.24, 2.45) is 5.41 Å². The normalized spacial score (nSPS) is 25.5. The summed E-state index contributed by atoms with van der Waals surface area (Å²) in [6, 6.07) is 10.6. The molecule has 234 valence electrons. The minimum Gasteiger partial charge on any atom is -0.495 e. The van der Waals surface area contributed by atoms with E-state index >= 15 is 0 Å². The average Bonchev–Trinajstić information content (AvgIpc) is 3.54. The van der Waals surface area contributed by atoms with Gasteiger partial charge in [-0.1, -0.05) is 12.0 Å². The summed E-state index contributed by atoms with van der Waals surface area (Å²) in [7, 11) is -0.943. The van der Waals surface area contributed by atoms with E-state index in [4.69, 9.17) is 9.47 Å². The molecule has 2 aliphatic heterocycles. The lowest BCUT2D eigenvalue weighted by atomic mass is 9.65. The molecule has 0 radical (unpaired) electrons. The number of benzene rings is 1. The van der Waals surface area contributed by atoms with Gasteiger partial charge in [0.25, 0.3) is 0 Å². The largest absolute Gasteiger partial charge is 0.495 e. The van der Waals surface area contributed by atoms with Crippen molar-refractivity contribution in [1.82, 2.24) is 14.5 Å². The molecule has 5 fully saturated rings. The molecule has 1 aromatic carbocycles. The Morgan fingerprint density at radius 2 is 1.93 bits per heavy atom. The quantitative estimate of drug-likeness (QED) is 0.190. The summed E-state index contributed by atoms with van der Waals surface area (Å²) in [6.45, 7) is 7.46. The summed E-state index contributed by atoms with van der Waals surface area (Å²) in [6.07, 6.45) is 4.19. The molecule has 1 spiro atoms. The number of thioether (sulfide) groups is 1. The Hall–Kier alpha value is -2.84. The van der Waals surface area contributed by atoms with Crippen molar-refractivity contribution in [1.29, 1.82) is 0 Å². The Balaban J connectivity index is 1.10. The number of anilines is 2. The van der Waals surface area contributed by atoms with Crippen molar-refractivity contribution in [2.75, 3.05) is 63.9 Å². The van der Waals surface area contributed by atoms with Crippen molar-refractivity contribution < 1.29 is 27.2 Å². The highest BCUT2D eigenvalue weighted by Crippen LogP contribution is 2.62. The molecule has 2 aromatic heterocycles. The second kappa shape index (κ2) is 10.3. The molecule has 8 rings (SSSR count). The number of fused-ring (bicyclic) bond motifs is 2. The van der Waals surface area contributed by atoms with Gasteiger partial charge in [0, 0.05) is 34.9 Å². The van der Waals surface area contributed by atoms with Crippen LogP contribution in [0.3, 0.4) is 0 Å². The van der Waals surface area contributed by atoms with Gasteiger partial charge in [0.05, 0.1) is 43.0 Å². The highest BCUT2D eigenvalue weighted by atomic mass is 32.2. The van der Waals surface area contributed by atoms with Gasteiger partial charge in [-0.05, 0) is 87.0 Å². The molecule has 0 unspecified atom stereocenters. The highest BCUT2D eigenvalue weighted by Gasteiger charge is 2.67. The summed E-state index contributed by atoms with van der Waals surface area (Å²) in [4.78, 5) is 2.60. The number of aromatic nitrogens is 2. The van der Waals surface area contributed by atoms with Gasteiger partial charge in [-0.2, -0.15) is 18.3 Å². The third-order valence-corrected chi connectivity index (χ3v) is 11.9. The van der Waals surface area contributed by atoms with E-state index in [0.717, 1.165) is 52.0 Å². The van der Waals surface area contributed by atoms with Gasteiger partial charge in [-0.25, -0.2) is 4.52 Å². The fraction of sp³-hybridized carbons (Fsp3) is 0.516. The SMILES string of the molecule is COc1cc(P(C)(C)=O)ccc1NCC#Cc1nn2c(NC34CCC(N5CC6(COC6)C5)(C3)C4)cccc2c1SC(F)(F)F. The van der Waals surface area contributed by atoms with Gasteiger partial charge < -0.3 is 24.7 Å². The first kappa shape index (κ1) is 29.8. The van der Waals surface area contributed by atoms with Crippen molar-refractivity contribution in [3.05, 3.63) is 42.1 Å². The Morgan fingerprint density at radius 1 is 1.16 bits per heavy atom. The van der Waals surface area contributed by atoms with Gasteiger partial charge in [0.15, 0.2) is 0 Å². The van der Waals surface area contributed by atoms with E-state index in [1.165, 1.54) is 7.11 Å². The average molecular weight is 646 g/mol. The number of alkyl halides is 3. The number of methoxy groups -OCH3 is 1. The zero-order valence-electron chi connectivity index (χ0n) is 24.9. The second-order valence-corrected chi connectivity index (χ2v) is 17.4. The molecule has 2 bridgehead atoms. The van der Waals surface area contributed by atoms with Crippen LogP contribution in [0.15, 0.2) is 41.3 Å². The predicted octanol–water partition coefficient (Wildman–Crippen LogP) is 5.48. The van der Waals surface area contributed by atoms with Gasteiger partial charge in [-0.15, -0.1) is 0 Å². The molecule has 5 aliphatic rings. The maximum Gasteiger partial charge on any atom is 0.446 e. The Labute approximate surface area is 258 Å². The topological polar surface area (TPSA) is 80.1 Å². The van der Waals surface area contributed by atoms with Crippen LogP contribution in [0.1, 0.15) is 31.4 Å². The van der Waals surface area contributed by atoms with E-state index in [1.807, 2.05) is 6.07 Å². The summed E-state index contributed by atoms with van der Waals surface area (Å²) in [5.74, 6) is 6.98. The molecule has 8 nitrogen and oxygen atoms in total. The molecule has 4 heterocycles. The number of nitrogens with zero attached hydrogens (tertiary/aromatic N) is 3. The van der Waals surface area contributed by atoms with E-state index in [0.29, 0.717) is 33.5 Å². The predicted molar refractivity (Wildman–Crippen MR) is 167 cm³/mol. The number of pyridine rings is 1. The summed E-state index contributed by atoms with van der Waals surface area (Å²) in [5, 5.41) is 12.1. The van der Waals surface area contributed by atoms with Crippen LogP contribution in [0.2, 0.25) is 0 Å². The summed E-state index contributed by atoms with van der Waals surface area (Å²) >= 11 is -0.188. The van der Waals surface area contributed by atoms with Crippen LogP contribution < -0.4 is 20.7 Å².